The lowest BCUT2D eigenvalue weighted by atomic mass is 9.82. The van der Waals surface area contributed by atoms with E-state index in [0.717, 1.165) is 41.6 Å². The van der Waals surface area contributed by atoms with Crippen LogP contribution in [-0.4, -0.2) is 62.6 Å². The molecule has 190 valence electrons. The van der Waals surface area contributed by atoms with E-state index in [-0.39, 0.29) is 29.8 Å². The zero-order chi connectivity index (χ0) is 25.7. The van der Waals surface area contributed by atoms with Gasteiger partial charge in [-0.15, -0.1) is 0 Å². The van der Waals surface area contributed by atoms with Crippen LogP contribution in [0.4, 0.5) is 0 Å². The molecular formula is C26H39BN4O4. The molecule has 2 amide bonds. The number of carbonyl (C=O) groups excluding carboxylic acids is 2. The molecular weight excluding hydrogens is 443 g/mol. The summed E-state index contributed by atoms with van der Waals surface area (Å²) >= 11 is 0. The number of H-pyrrole nitrogens is 1. The Morgan fingerprint density at radius 1 is 1.26 bits per heavy atom. The number of aliphatic hydroxyl groups is 1. The normalized spacial score (nSPS) is 23.2. The minimum atomic E-state index is -0.971. The largest absolute Gasteiger partial charge is 0.427 e. The number of nitrogens with zero attached hydrogens (tertiary/aromatic N) is 2. The first kappa shape index (κ1) is 25.7. The summed E-state index contributed by atoms with van der Waals surface area (Å²) in [4.78, 5) is 35.8. The van der Waals surface area contributed by atoms with Crippen LogP contribution in [0.5, 0.6) is 0 Å². The molecule has 0 spiro atoms. The maximum absolute atomic E-state index is 13.7. The fourth-order valence-electron chi connectivity index (χ4n) is 5.30. The van der Waals surface area contributed by atoms with Crippen LogP contribution in [0.3, 0.4) is 0 Å². The highest BCUT2D eigenvalue weighted by Crippen LogP contribution is 2.50. The Morgan fingerprint density at radius 3 is 2.60 bits per heavy atom. The quantitative estimate of drug-likeness (QED) is 0.501. The van der Waals surface area contributed by atoms with Gasteiger partial charge in [0.15, 0.2) is 0 Å². The van der Waals surface area contributed by atoms with Crippen molar-refractivity contribution in [3.8, 4) is 0 Å². The van der Waals surface area contributed by atoms with Crippen LogP contribution in [0.2, 0.25) is 0 Å². The third kappa shape index (κ3) is 4.98. The van der Waals surface area contributed by atoms with Crippen LogP contribution < -0.4 is 10.8 Å². The van der Waals surface area contributed by atoms with Crippen LogP contribution in [0.15, 0.2) is 18.2 Å². The molecule has 8 nitrogen and oxygen atoms in total. The number of hydrogen-bond acceptors (Lipinski definition) is 5. The number of piperidine rings is 1. The van der Waals surface area contributed by atoms with E-state index < -0.39 is 17.2 Å². The third-order valence-corrected chi connectivity index (χ3v) is 8.05. The van der Waals surface area contributed by atoms with E-state index in [1.165, 1.54) is 6.92 Å². The summed E-state index contributed by atoms with van der Waals surface area (Å²) in [6, 6.07) is 5.52. The molecule has 1 saturated heterocycles. The number of aromatic amines is 1. The second-order valence-electron chi connectivity index (χ2n) is 11.7. The van der Waals surface area contributed by atoms with E-state index in [9.17, 15) is 14.7 Å². The van der Waals surface area contributed by atoms with E-state index >= 15 is 0 Å². The van der Waals surface area contributed by atoms with Crippen molar-refractivity contribution in [1.82, 2.24) is 20.2 Å². The van der Waals surface area contributed by atoms with Gasteiger partial charge in [-0.25, -0.2) is 4.98 Å². The number of hydrogen-bond donors (Lipinski definition) is 3. The summed E-state index contributed by atoms with van der Waals surface area (Å²) in [6.07, 6.45) is 3.05. The molecule has 9 heteroatoms. The number of imidazole rings is 1. The van der Waals surface area contributed by atoms with Crippen molar-refractivity contribution in [2.45, 2.75) is 97.1 Å². The average molecular weight is 482 g/mol. The molecule has 1 aliphatic carbocycles. The van der Waals surface area contributed by atoms with Crippen LogP contribution in [-0.2, 0) is 14.2 Å². The first-order valence-electron chi connectivity index (χ1n) is 12.7. The molecule has 2 aliphatic rings. The van der Waals surface area contributed by atoms with E-state index in [4.69, 9.17) is 9.64 Å². The third-order valence-electron chi connectivity index (χ3n) is 8.05. The van der Waals surface area contributed by atoms with Gasteiger partial charge < -0.3 is 25.0 Å². The van der Waals surface area contributed by atoms with Crippen molar-refractivity contribution >= 4 is 35.8 Å². The van der Waals surface area contributed by atoms with Gasteiger partial charge in [-0.05, 0) is 70.9 Å². The predicted molar refractivity (Wildman–Crippen MR) is 137 cm³/mol. The Hall–Kier alpha value is -2.39. The second kappa shape index (κ2) is 9.24. The Kier molecular flexibility index (Phi) is 6.79. The highest BCUT2D eigenvalue weighted by Gasteiger charge is 2.51. The summed E-state index contributed by atoms with van der Waals surface area (Å²) in [5.74, 6) is 0.961. The summed E-state index contributed by atoms with van der Waals surface area (Å²) in [5, 5.41) is 13.2. The van der Waals surface area contributed by atoms with Gasteiger partial charge in [-0.2, -0.15) is 0 Å². The van der Waals surface area contributed by atoms with Crippen molar-refractivity contribution < 1.29 is 19.3 Å². The molecule has 3 N–H and O–H groups in total. The number of benzene rings is 1. The lowest BCUT2D eigenvalue weighted by Gasteiger charge is -2.37. The highest BCUT2D eigenvalue weighted by atomic mass is 16.5. The summed E-state index contributed by atoms with van der Waals surface area (Å²) in [6.45, 7) is 12.6. The minimum absolute atomic E-state index is 0.00226. The molecule has 2 fully saturated rings. The van der Waals surface area contributed by atoms with Gasteiger partial charge in [0.25, 0.3) is 0 Å². The summed E-state index contributed by atoms with van der Waals surface area (Å²) < 4.78 is 6.03. The monoisotopic (exact) mass is 482 g/mol. The average Bonchev–Trinajstić information content (AvgIpc) is 3.47. The molecule has 4 unspecified atom stereocenters. The van der Waals surface area contributed by atoms with Crippen LogP contribution in [0.1, 0.15) is 79.6 Å². The zero-order valence-electron chi connectivity index (χ0n) is 22.0. The second-order valence-corrected chi connectivity index (χ2v) is 11.7. The van der Waals surface area contributed by atoms with Gasteiger partial charge in [0.1, 0.15) is 11.9 Å². The van der Waals surface area contributed by atoms with E-state index in [0.29, 0.717) is 13.4 Å². The lowest BCUT2D eigenvalue weighted by Crippen LogP contribution is -2.53. The number of fused-ring (bicyclic) bond motifs is 3. The van der Waals surface area contributed by atoms with Gasteiger partial charge in [-0.1, -0.05) is 25.4 Å². The Labute approximate surface area is 208 Å². The summed E-state index contributed by atoms with van der Waals surface area (Å²) in [7, 11) is 0.368. The molecule has 2 heterocycles. The van der Waals surface area contributed by atoms with Crippen molar-refractivity contribution in [3.63, 3.8) is 0 Å². The van der Waals surface area contributed by atoms with Gasteiger partial charge >= 0.3 is 7.48 Å². The van der Waals surface area contributed by atoms with E-state index in [1.807, 2.05) is 50.8 Å². The molecule has 0 radical (unpaired) electrons. The fourth-order valence-corrected chi connectivity index (χ4v) is 5.30. The Bertz CT molecular complexity index is 1110. The predicted octanol–water partition coefficient (Wildman–Crippen LogP) is 2.32. The van der Waals surface area contributed by atoms with Crippen molar-refractivity contribution in [3.05, 3.63) is 24.0 Å². The van der Waals surface area contributed by atoms with Gasteiger partial charge in [0, 0.05) is 13.0 Å². The molecule has 1 aromatic carbocycles. The van der Waals surface area contributed by atoms with Gasteiger partial charge in [0.2, 0.25) is 11.8 Å². The van der Waals surface area contributed by atoms with Gasteiger partial charge in [-0.3, -0.25) is 9.59 Å². The first-order chi connectivity index (χ1) is 16.3. The van der Waals surface area contributed by atoms with Crippen molar-refractivity contribution in [1.29, 1.82) is 0 Å². The number of rotatable bonds is 8. The Balaban J connectivity index is 1.59. The molecule has 2 aromatic rings. The number of aromatic nitrogens is 2. The molecule has 1 aliphatic heterocycles. The molecule has 35 heavy (non-hydrogen) atoms. The van der Waals surface area contributed by atoms with Crippen LogP contribution in [0.25, 0.3) is 11.0 Å². The number of amides is 2. The Morgan fingerprint density at radius 2 is 1.97 bits per heavy atom. The standard InChI is InChI=1S/C26H39BN4O4/c1-14(2)21(28-15(3)32)24(33)31-18-10-8-16(12-18)22(31)23-29-19-11-9-17(13-20(19)30-23)27-35-26(6,7)25(4,5)34/h9,11,13-14,16,18,21-22,27,34H,8,10,12H2,1-7H3,(H,28,32)(H,29,30). The fraction of sp³-hybridized carbons (Fsp3) is 0.654. The number of nitrogens with one attached hydrogen (secondary N) is 2. The minimum Gasteiger partial charge on any atom is -0.427 e. The molecule has 2 bridgehead atoms. The maximum Gasteiger partial charge on any atom is 0.309 e. The molecule has 1 saturated carbocycles. The van der Waals surface area contributed by atoms with Crippen molar-refractivity contribution in [2.24, 2.45) is 11.8 Å². The van der Waals surface area contributed by atoms with Crippen LogP contribution >= 0.6 is 0 Å². The van der Waals surface area contributed by atoms with Crippen molar-refractivity contribution in [2.75, 3.05) is 0 Å². The summed E-state index contributed by atoms with van der Waals surface area (Å²) in [5.41, 5.74) is 1.06. The van der Waals surface area contributed by atoms with Gasteiger partial charge in [0.05, 0.1) is 28.3 Å². The zero-order valence-corrected chi connectivity index (χ0v) is 22.0. The van der Waals surface area contributed by atoms with E-state index in [2.05, 4.69) is 10.3 Å². The first-order valence-corrected chi connectivity index (χ1v) is 12.7. The van der Waals surface area contributed by atoms with Crippen LogP contribution in [0, 0.1) is 11.8 Å². The smallest absolute Gasteiger partial charge is 0.309 e. The number of carbonyl (C=O) groups is 2. The maximum atomic E-state index is 13.7. The topological polar surface area (TPSA) is 108 Å². The van der Waals surface area contributed by atoms with E-state index in [1.54, 1.807) is 13.8 Å². The molecule has 1 aromatic heterocycles. The highest BCUT2D eigenvalue weighted by molar-refractivity contribution is 6.47. The lowest BCUT2D eigenvalue weighted by molar-refractivity contribution is -0.141. The number of likely N-dealkylation sites (tertiary alicyclic amines) is 1. The molecule has 4 rings (SSSR count). The molecule has 4 atom stereocenters. The SMILES string of the molecule is CC(=O)NC(C(=O)N1C2CCC(C2)C1c1nc2ccc(BOC(C)(C)C(C)(C)O)cc2[nH]1)C(C)C.